The fourth-order valence-corrected chi connectivity index (χ4v) is 3.53. The summed E-state index contributed by atoms with van der Waals surface area (Å²) in [6, 6.07) is 6.20. The molecule has 0 aliphatic carbocycles. The van der Waals surface area contributed by atoms with Crippen LogP contribution in [0.15, 0.2) is 23.1 Å². The van der Waals surface area contributed by atoms with Crippen LogP contribution in [0.1, 0.15) is 12.8 Å². The van der Waals surface area contributed by atoms with Crippen molar-refractivity contribution in [1.29, 1.82) is 0 Å². The Hall–Kier alpha value is -1.20. The number of hydrogen-bond donors (Lipinski definition) is 2. The molecule has 2 heterocycles. The molecule has 0 saturated carbocycles. The summed E-state index contributed by atoms with van der Waals surface area (Å²) in [5, 5.41) is 6.61. The molecule has 2 aliphatic rings. The smallest absolute Gasteiger partial charge is 0.229 e. The van der Waals surface area contributed by atoms with Gasteiger partial charge in [-0.05, 0) is 44.1 Å². The Morgan fingerprint density at radius 2 is 2.16 bits per heavy atom. The maximum atomic E-state index is 12.5. The van der Waals surface area contributed by atoms with E-state index in [1.165, 1.54) is 10.6 Å². The average Bonchev–Trinajstić information content (AvgIpc) is 2.94. The zero-order valence-electron chi connectivity index (χ0n) is 11.1. The number of thioether (sulfide) groups is 1. The molecule has 1 aromatic rings. The van der Waals surface area contributed by atoms with Gasteiger partial charge in [0.2, 0.25) is 5.91 Å². The molecule has 0 unspecified atom stereocenters. The first kappa shape index (κ1) is 12.8. The highest BCUT2D eigenvalue weighted by molar-refractivity contribution is 7.99. The monoisotopic (exact) mass is 277 g/mol. The van der Waals surface area contributed by atoms with E-state index in [-0.39, 0.29) is 11.8 Å². The number of amides is 1. The van der Waals surface area contributed by atoms with E-state index in [2.05, 4.69) is 22.8 Å². The van der Waals surface area contributed by atoms with Crippen LogP contribution in [0.4, 0.5) is 11.4 Å². The zero-order chi connectivity index (χ0) is 13.2. The van der Waals surface area contributed by atoms with Crippen LogP contribution in [-0.4, -0.2) is 31.9 Å². The van der Waals surface area contributed by atoms with E-state index in [4.69, 9.17) is 0 Å². The van der Waals surface area contributed by atoms with E-state index in [0.717, 1.165) is 37.5 Å². The number of nitrogens with one attached hydrogen (secondary N) is 2. The number of anilines is 2. The molecule has 4 nitrogen and oxygen atoms in total. The van der Waals surface area contributed by atoms with Gasteiger partial charge in [-0.2, -0.15) is 0 Å². The van der Waals surface area contributed by atoms with Crippen molar-refractivity contribution in [3.63, 3.8) is 0 Å². The summed E-state index contributed by atoms with van der Waals surface area (Å²) in [6.07, 6.45) is 1.90. The Kier molecular flexibility index (Phi) is 3.66. The Balaban J connectivity index is 1.75. The van der Waals surface area contributed by atoms with Gasteiger partial charge in [-0.1, -0.05) is 0 Å². The predicted octanol–water partition coefficient (Wildman–Crippen LogP) is 2.12. The van der Waals surface area contributed by atoms with E-state index < -0.39 is 0 Å². The summed E-state index contributed by atoms with van der Waals surface area (Å²) in [6.45, 7) is 1.91. The number of piperidine rings is 1. The minimum Gasteiger partial charge on any atom is -0.375 e. The molecule has 0 atom stereocenters. The van der Waals surface area contributed by atoms with Gasteiger partial charge in [0, 0.05) is 29.2 Å². The summed E-state index contributed by atoms with van der Waals surface area (Å²) in [7, 11) is 1.89. The predicted molar refractivity (Wildman–Crippen MR) is 79.8 cm³/mol. The van der Waals surface area contributed by atoms with Crippen LogP contribution in [0.3, 0.4) is 0 Å². The Labute approximate surface area is 117 Å². The van der Waals surface area contributed by atoms with Crippen molar-refractivity contribution in [2.24, 2.45) is 5.92 Å². The average molecular weight is 277 g/mol. The third-order valence-corrected chi connectivity index (χ3v) is 4.80. The highest BCUT2D eigenvalue weighted by atomic mass is 32.2. The van der Waals surface area contributed by atoms with E-state index in [1.807, 2.05) is 18.0 Å². The first-order chi connectivity index (χ1) is 9.25. The molecule has 19 heavy (non-hydrogen) atoms. The van der Waals surface area contributed by atoms with Crippen molar-refractivity contribution in [3.05, 3.63) is 18.2 Å². The van der Waals surface area contributed by atoms with E-state index in [9.17, 15) is 4.79 Å². The van der Waals surface area contributed by atoms with Crippen molar-refractivity contribution >= 4 is 29.0 Å². The van der Waals surface area contributed by atoms with Gasteiger partial charge in [0.1, 0.15) is 0 Å². The summed E-state index contributed by atoms with van der Waals surface area (Å²) in [4.78, 5) is 15.5. The van der Waals surface area contributed by atoms with Crippen LogP contribution >= 0.6 is 11.8 Å². The molecule has 1 fully saturated rings. The topological polar surface area (TPSA) is 44.4 Å². The van der Waals surface area contributed by atoms with Gasteiger partial charge >= 0.3 is 0 Å². The lowest BCUT2D eigenvalue weighted by molar-refractivity contribution is -0.122. The van der Waals surface area contributed by atoms with Gasteiger partial charge in [-0.3, -0.25) is 4.79 Å². The number of carbonyl (C=O) groups is 1. The molecule has 1 saturated heterocycles. The van der Waals surface area contributed by atoms with Gasteiger partial charge in [0.25, 0.3) is 0 Å². The highest BCUT2D eigenvalue weighted by Gasteiger charge is 2.25. The van der Waals surface area contributed by atoms with Crippen LogP contribution in [0, 0.1) is 5.92 Å². The third-order valence-electron chi connectivity index (χ3n) is 3.86. The van der Waals surface area contributed by atoms with Gasteiger partial charge in [-0.15, -0.1) is 11.8 Å². The molecule has 1 aromatic carbocycles. The number of benzene rings is 1. The highest BCUT2D eigenvalue weighted by Crippen LogP contribution is 2.36. The summed E-state index contributed by atoms with van der Waals surface area (Å²) in [5.41, 5.74) is 2.18. The van der Waals surface area contributed by atoms with Crippen LogP contribution in [0.5, 0.6) is 0 Å². The second-order valence-electron chi connectivity index (χ2n) is 5.07. The minimum atomic E-state index is 0.172. The molecule has 0 spiro atoms. The van der Waals surface area contributed by atoms with Crippen molar-refractivity contribution in [2.45, 2.75) is 17.7 Å². The number of fused-ring (bicyclic) bond motifs is 1. The van der Waals surface area contributed by atoms with E-state index >= 15 is 0 Å². The fraction of sp³-hybridized carbons (Fsp3) is 0.500. The minimum absolute atomic E-state index is 0.172. The van der Waals surface area contributed by atoms with Gasteiger partial charge in [0.15, 0.2) is 0 Å². The number of hydrogen-bond acceptors (Lipinski definition) is 4. The molecular weight excluding hydrogens is 258 g/mol. The Morgan fingerprint density at radius 1 is 1.37 bits per heavy atom. The number of rotatable bonds is 2. The largest absolute Gasteiger partial charge is 0.375 e. The summed E-state index contributed by atoms with van der Waals surface area (Å²) < 4.78 is 0. The maximum absolute atomic E-state index is 12.5. The van der Waals surface area contributed by atoms with Crippen molar-refractivity contribution in [3.8, 4) is 0 Å². The van der Waals surface area contributed by atoms with Crippen molar-refractivity contribution < 1.29 is 4.79 Å². The van der Waals surface area contributed by atoms with E-state index in [0.29, 0.717) is 0 Å². The van der Waals surface area contributed by atoms with Crippen molar-refractivity contribution in [1.82, 2.24) is 5.32 Å². The maximum Gasteiger partial charge on any atom is 0.229 e. The van der Waals surface area contributed by atoms with Crippen LogP contribution in [0.25, 0.3) is 0 Å². The number of carbonyl (C=O) groups excluding carboxylic acids is 1. The SMILES string of the molecule is CN(C(=O)C1CCNCC1)c1ccc2c(c1)SCN2. The molecule has 0 aromatic heterocycles. The second kappa shape index (κ2) is 5.43. The lowest BCUT2D eigenvalue weighted by Crippen LogP contribution is -2.39. The zero-order valence-corrected chi connectivity index (χ0v) is 11.9. The quantitative estimate of drug-likeness (QED) is 0.869. The van der Waals surface area contributed by atoms with E-state index in [1.54, 1.807) is 11.8 Å². The Bertz CT molecular complexity index is 486. The second-order valence-corrected chi connectivity index (χ2v) is 6.08. The molecular formula is C14H19N3OS. The summed E-state index contributed by atoms with van der Waals surface area (Å²) in [5.74, 6) is 1.34. The lowest BCUT2D eigenvalue weighted by atomic mass is 9.96. The first-order valence-corrected chi connectivity index (χ1v) is 7.73. The van der Waals surface area contributed by atoms with Gasteiger partial charge in [0.05, 0.1) is 5.88 Å². The van der Waals surface area contributed by atoms with Crippen molar-refractivity contribution in [2.75, 3.05) is 36.2 Å². The van der Waals surface area contributed by atoms with Crippen LogP contribution < -0.4 is 15.5 Å². The standard InChI is InChI=1S/C14H19N3OS/c1-17(14(18)10-4-6-15-7-5-10)11-2-3-12-13(8-11)19-9-16-12/h2-3,8,10,15-16H,4-7,9H2,1H3. The number of nitrogens with zero attached hydrogens (tertiary/aromatic N) is 1. The fourth-order valence-electron chi connectivity index (χ4n) is 2.65. The molecule has 2 aliphatic heterocycles. The van der Waals surface area contributed by atoms with Crippen LogP contribution in [-0.2, 0) is 4.79 Å². The molecule has 102 valence electrons. The van der Waals surface area contributed by atoms with Crippen LogP contribution in [0.2, 0.25) is 0 Å². The molecule has 0 radical (unpaired) electrons. The molecule has 5 heteroatoms. The third kappa shape index (κ3) is 2.58. The Morgan fingerprint density at radius 3 is 2.95 bits per heavy atom. The normalized spacial score (nSPS) is 18.8. The van der Waals surface area contributed by atoms with Gasteiger partial charge in [-0.25, -0.2) is 0 Å². The lowest BCUT2D eigenvalue weighted by Gasteiger charge is -2.27. The molecule has 0 bridgehead atoms. The first-order valence-electron chi connectivity index (χ1n) is 6.75. The summed E-state index contributed by atoms with van der Waals surface area (Å²) >= 11 is 1.79. The molecule has 3 rings (SSSR count). The van der Waals surface area contributed by atoms with Gasteiger partial charge < -0.3 is 15.5 Å². The molecule has 1 amide bonds. The molecule has 2 N–H and O–H groups in total.